The Hall–Kier alpha value is -1.92. The molecule has 3 rings (SSSR count). The Balaban J connectivity index is 1.69. The van der Waals surface area contributed by atoms with E-state index in [9.17, 15) is 9.18 Å². The van der Waals surface area contributed by atoms with Crippen LogP contribution in [-0.2, 0) is 4.79 Å². The molecule has 0 radical (unpaired) electrons. The number of hydrogen-bond acceptors (Lipinski definition) is 3. The van der Waals surface area contributed by atoms with Crippen molar-refractivity contribution in [2.75, 3.05) is 31.1 Å². The van der Waals surface area contributed by atoms with Gasteiger partial charge in [-0.1, -0.05) is 13.0 Å². The van der Waals surface area contributed by atoms with Crippen molar-refractivity contribution in [1.29, 1.82) is 0 Å². The van der Waals surface area contributed by atoms with Gasteiger partial charge in [-0.3, -0.25) is 4.79 Å². The summed E-state index contributed by atoms with van der Waals surface area (Å²) < 4.78 is 13.1. The zero-order chi connectivity index (χ0) is 18.5. The highest BCUT2D eigenvalue weighted by molar-refractivity contribution is 7.10. The maximum absolute atomic E-state index is 13.1. The van der Waals surface area contributed by atoms with Gasteiger partial charge in [0.15, 0.2) is 0 Å². The fourth-order valence-electron chi connectivity index (χ4n) is 3.72. The van der Waals surface area contributed by atoms with Crippen LogP contribution in [0.2, 0.25) is 0 Å². The second-order valence-corrected chi connectivity index (χ2v) is 7.80. The zero-order valence-electron chi connectivity index (χ0n) is 15.4. The molecule has 1 saturated heterocycles. The van der Waals surface area contributed by atoms with Gasteiger partial charge in [0.2, 0.25) is 5.91 Å². The Morgan fingerprint density at radius 2 is 1.96 bits per heavy atom. The minimum Gasteiger partial charge on any atom is -0.360 e. The first kappa shape index (κ1) is 18.9. The van der Waals surface area contributed by atoms with E-state index >= 15 is 0 Å². The molecule has 140 valence electrons. The lowest BCUT2D eigenvalue weighted by Gasteiger charge is -2.39. The second-order valence-electron chi connectivity index (χ2n) is 6.82. The van der Waals surface area contributed by atoms with Crippen LogP contribution in [0.15, 0.2) is 41.8 Å². The highest BCUT2D eigenvalue weighted by Crippen LogP contribution is 2.21. The van der Waals surface area contributed by atoms with Crippen LogP contribution in [0.25, 0.3) is 0 Å². The van der Waals surface area contributed by atoms with Crippen LogP contribution >= 0.6 is 11.3 Å². The van der Waals surface area contributed by atoms with Gasteiger partial charge in [-0.2, -0.15) is 0 Å². The number of benzene rings is 1. The summed E-state index contributed by atoms with van der Waals surface area (Å²) in [6, 6.07) is 11.3. The molecule has 0 unspecified atom stereocenters. The van der Waals surface area contributed by atoms with Crippen LogP contribution in [-0.4, -0.2) is 38.1 Å². The molecule has 1 aromatic carbocycles. The molecule has 2 atom stereocenters. The van der Waals surface area contributed by atoms with E-state index in [-0.39, 0.29) is 23.8 Å². The number of anilines is 1. The number of nitrogens with one attached hydrogen (secondary N) is 2. The smallest absolute Gasteiger partial charge is 0.220 e. The quantitative estimate of drug-likeness (QED) is 0.811. The van der Waals surface area contributed by atoms with Crippen molar-refractivity contribution in [2.24, 2.45) is 0 Å². The van der Waals surface area contributed by atoms with E-state index in [4.69, 9.17) is 0 Å². The lowest BCUT2D eigenvalue weighted by molar-refractivity contribution is -0.933. The third kappa shape index (κ3) is 4.43. The van der Waals surface area contributed by atoms with Crippen LogP contribution in [0, 0.1) is 5.82 Å². The first-order chi connectivity index (χ1) is 12.6. The molecule has 0 spiro atoms. The number of piperazine rings is 1. The largest absolute Gasteiger partial charge is 0.360 e. The summed E-state index contributed by atoms with van der Waals surface area (Å²) in [6.45, 7) is 7.83. The third-order valence-electron chi connectivity index (χ3n) is 5.10. The number of carbonyl (C=O) groups excluding carboxylic acids is 1. The number of nitrogens with zero attached hydrogens (tertiary/aromatic N) is 1. The molecule has 2 heterocycles. The van der Waals surface area contributed by atoms with Crippen LogP contribution in [0.3, 0.4) is 0 Å². The highest BCUT2D eigenvalue weighted by atomic mass is 32.1. The molecular weight excluding hydrogens is 349 g/mol. The molecule has 26 heavy (non-hydrogen) atoms. The van der Waals surface area contributed by atoms with E-state index in [0.717, 1.165) is 31.9 Å². The fraction of sp³-hybridized carbons (Fsp3) is 0.450. The zero-order valence-corrected chi connectivity index (χ0v) is 16.2. The first-order valence-corrected chi connectivity index (χ1v) is 10.1. The Labute approximate surface area is 158 Å². The predicted molar refractivity (Wildman–Crippen MR) is 104 cm³/mol. The molecule has 0 saturated carbocycles. The van der Waals surface area contributed by atoms with E-state index in [1.807, 2.05) is 19.1 Å². The van der Waals surface area contributed by atoms with Crippen molar-refractivity contribution in [3.8, 4) is 0 Å². The van der Waals surface area contributed by atoms with Crippen LogP contribution < -0.4 is 15.1 Å². The van der Waals surface area contributed by atoms with Gasteiger partial charge in [-0.15, -0.1) is 11.3 Å². The Kier molecular flexibility index (Phi) is 6.27. The molecule has 2 N–H and O–H groups in total. The van der Waals surface area contributed by atoms with E-state index in [0.29, 0.717) is 6.42 Å². The van der Waals surface area contributed by atoms with Gasteiger partial charge in [-0.25, -0.2) is 4.39 Å². The van der Waals surface area contributed by atoms with Crippen molar-refractivity contribution in [2.45, 2.75) is 32.4 Å². The van der Waals surface area contributed by atoms with Crippen LogP contribution in [0.5, 0.6) is 0 Å². The number of quaternary nitrogens is 1. The van der Waals surface area contributed by atoms with Crippen molar-refractivity contribution >= 4 is 22.9 Å². The van der Waals surface area contributed by atoms with Gasteiger partial charge in [0, 0.05) is 12.1 Å². The fourth-order valence-corrected chi connectivity index (χ4v) is 4.71. The molecule has 2 aromatic rings. The third-order valence-corrected chi connectivity index (χ3v) is 6.05. The van der Waals surface area contributed by atoms with E-state index in [1.54, 1.807) is 11.3 Å². The maximum Gasteiger partial charge on any atom is 0.220 e. The summed E-state index contributed by atoms with van der Waals surface area (Å²) in [4.78, 5) is 17.0. The average molecular weight is 377 g/mol. The standard InChI is InChI=1S/C20H26FN3OS/c1-3-19(25)22-15(2)20(18-5-4-14-26-18)24-12-10-23(11-13-24)17-8-6-16(21)7-9-17/h4-9,14-15,20H,3,10-13H2,1-2H3,(H,22,25)/p+1/t15-,20-/m1/s1. The van der Waals surface area contributed by atoms with Gasteiger partial charge in [0.05, 0.1) is 37.1 Å². The summed E-state index contributed by atoms with van der Waals surface area (Å²) >= 11 is 1.76. The van der Waals surface area contributed by atoms with Crippen molar-refractivity contribution in [1.82, 2.24) is 5.32 Å². The van der Waals surface area contributed by atoms with Crippen LogP contribution in [0.1, 0.15) is 31.2 Å². The van der Waals surface area contributed by atoms with Gasteiger partial charge < -0.3 is 15.1 Å². The maximum atomic E-state index is 13.1. The van der Waals surface area contributed by atoms with E-state index < -0.39 is 0 Å². The normalized spacial score (nSPS) is 17.7. The average Bonchev–Trinajstić information content (AvgIpc) is 3.17. The summed E-state index contributed by atoms with van der Waals surface area (Å²) in [6.07, 6.45) is 0.509. The topological polar surface area (TPSA) is 36.8 Å². The number of rotatable bonds is 6. The molecular formula is C20H27FN3OS+. The number of amides is 1. The Morgan fingerprint density at radius 1 is 1.27 bits per heavy atom. The van der Waals surface area contributed by atoms with E-state index in [2.05, 4.69) is 34.7 Å². The molecule has 1 aliphatic heterocycles. The minimum atomic E-state index is -0.198. The summed E-state index contributed by atoms with van der Waals surface area (Å²) in [5.74, 6) is -0.0975. The molecule has 1 amide bonds. The number of hydrogen-bond donors (Lipinski definition) is 2. The van der Waals surface area contributed by atoms with Crippen molar-refractivity contribution in [3.63, 3.8) is 0 Å². The van der Waals surface area contributed by atoms with Crippen molar-refractivity contribution in [3.05, 3.63) is 52.5 Å². The SMILES string of the molecule is CCC(=O)N[C@H](C)[C@H](c1cccs1)[NH+]1CCN(c2ccc(F)cc2)CC1. The first-order valence-electron chi connectivity index (χ1n) is 9.26. The Bertz CT molecular complexity index is 696. The molecule has 1 aromatic heterocycles. The van der Waals surface area contributed by atoms with E-state index in [1.165, 1.54) is 21.9 Å². The van der Waals surface area contributed by atoms with Gasteiger partial charge in [0.25, 0.3) is 0 Å². The molecule has 1 fully saturated rings. The number of halogens is 1. The molecule has 4 nitrogen and oxygen atoms in total. The summed E-state index contributed by atoms with van der Waals surface area (Å²) in [5.41, 5.74) is 1.07. The van der Waals surface area contributed by atoms with Crippen molar-refractivity contribution < 1.29 is 14.1 Å². The monoisotopic (exact) mass is 376 g/mol. The minimum absolute atomic E-state index is 0.0912. The number of carbonyl (C=O) groups is 1. The molecule has 0 bridgehead atoms. The second kappa shape index (κ2) is 8.64. The van der Waals surface area contributed by atoms with Gasteiger partial charge in [-0.05, 0) is 42.6 Å². The lowest BCUT2D eigenvalue weighted by Crippen LogP contribution is -3.16. The molecule has 1 aliphatic rings. The molecule has 6 heteroatoms. The van der Waals surface area contributed by atoms with Gasteiger partial charge >= 0.3 is 0 Å². The number of thiophene rings is 1. The van der Waals surface area contributed by atoms with Crippen LogP contribution in [0.4, 0.5) is 10.1 Å². The summed E-state index contributed by atoms with van der Waals surface area (Å²) in [7, 11) is 0. The lowest BCUT2D eigenvalue weighted by atomic mass is 10.0. The Morgan fingerprint density at radius 3 is 2.54 bits per heavy atom. The predicted octanol–water partition coefficient (Wildman–Crippen LogP) is 2.25. The summed E-state index contributed by atoms with van der Waals surface area (Å²) in [5, 5.41) is 5.26. The highest BCUT2D eigenvalue weighted by Gasteiger charge is 2.34. The molecule has 0 aliphatic carbocycles. The van der Waals surface area contributed by atoms with Gasteiger partial charge in [0.1, 0.15) is 11.9 Å².